The van der Waals surface area contributed by atoms with Gasteiger partial charge in [-0.05, 0) is 57.2 Å². The van der Waals surface area contributed by atoms with Crippen LogP contribution in [0.2, 0.25) is 0 Å². The van der Waals surface area contributed by atoms with Crippen LogP contribution in [-0.4, -0.2) is 47.7 Å². The van der Waals surface area contributed by atoms with Gasteiger partial charge in [-0.15, -0.1) is 0 Å². The van der Waals surface area contributed by atoms with Gasteiger partial charge < -0.3 is 24.3 Å². The molecule has 0 bridgehead atoms. The average Bonchev–Trinajstić information content (AvgIpc) is 3.31. The third-order valence-electron chi connectivity index (χ3n) is 6.04. The number of nitrogens with zero attached hydrogens (tertiary/aromatic N) is 3. The molecular formula is C24H31N3O4. The molecule has 0 unspecified atom stereocenters. The second kappa shape index (κ2) is 8.85. The third kappa shape index (κ3) is 4.38. The Bertz CT molecular complexity index is 985. The number of anilines is 1. The number of aliphatic hydroxyl groups is 1. The van der Waals surface area contributed by atoms with Crippen LogP contribution in [0, 0.1) is 5.92 Å². The average molecular weight is 426 g/mol. The summed E-state index contributed by atoms with van der Waals surface area (Å²) in [7, 11) is 0. The fourth-order valence-electron chi connectivity index (χ4n) is 4.15. The topological polar surface area (TPSA) is 91.3 Å². The summed E-state index contributed by atoms with van der Waals surface area (Å²) in [4.78, 5) is 10.8. The minimum absolute atomic E-state index is 0.0639. The molecule has 166 valence electrons. The first-order valence-corrected chi connectivity index (χ1v) is 11.0. The van der Waals surface area contributed by atoms with E-state index in [1.54, 1.807) is 12.4 Å². The first kappa shape index (κ1) is 21.6. The van der Waals surface area contributed by atoms with Gasteiger partial charge in [-0.1, -0.05) is 6.92 Å². The normalized spacial score (nSPS) is 18.2. The minimum atomic E-state index is -0.777. The van der Waals surface area contributed by atoms with Gasteiger partial charge in [0.1, 0.15) is 0 Å². The summed E-state index contributed by atoms with van der Waals surface area (Å²) in [5, 5.41) is 20.4. The molecule has 2 aliphatic rings. The molecule has 7 heteroatoms. The minimum Gasteiger partial charge on any atom is -0.504 e. The highest BCUT2D eigenvalue weighted by atomic mass is 16.5. The van der Waals surface area contributed by atoms with Gasteiger partial charge in [0.05, 0.1) is 11.2 Å². The van der Waals surface area contributed by atoms with Crippen LogP contribution in [0.15, 0.2) is 27.7 Å². The molecule has 4 rings (SSSR count). The predicted molar refractivity (Wildman–Crippen MR) is 122 cm³/mol. The van der Waals surface area contributed by atoms with Crippen molar-refractivity contribution < 1.29 is 19.4 Å². The number of aliphatic hydroxyl groups excluding tert-OH is 1. The van der Waals surface area contributed by atoms with Gasteiger partial charge in [-0.2, -0.15) is 0 Å². The lowest BCUT2D eigenvalue weighted by Gasteiger charge is -2.33. The Morgan fingerprint density at radius 1 is 1.32 bits per heavy atom. The predicted octanol–water partition coefficient (Wildman–Crippen LogP) is 4.51. The molecule has 0 amide bonds. The van der Waals surface area contributed by atoms with Crippen molar-refractivity contribution in [2.45, 2.75) is 45.6 Å². The van der Waals surface area contributed by atoms with E-state index in [9.17, 15) is 5.11 Å². The maximum Gasteiger partial charge on any atom is 0.206 e. The monoisotopic (exact) mass is 425 g/mol. The van der Waals surface area contributed by atoms with Gasteiger partial charge in [0, 0.05) is 49.9 Å². The number of rotatable bonds is 7. The van der Waals surface area contributed by atoms with Crippen molar-refractivity contribution in [2.24, 2.45) is 10.9 Å². The zero-order chi connectivity index (χ0) is 22.0. The fourth-order valence-corrected chi connectivity index (χ4v) is 4.15. The lowest BCUT2D eigenvalue weighted by atomic mass is 9.95. The van der Waals surface area contributed by atoms with E-state index in [0.29, 0.717) is 42.0 Å². The number of hydrogen-bond acceptors (Lipinski definition) is 7. The van der Waals surface area contributed by atoms with Crippen molar-refractivity contribution in [3.63, 3.8) is 0 Å². The van der Waals surface area contributed by atoms with Gasteiger partial charge in [0.15, 0.2) is 17.3 Å². The van der Waals surface area contributed by atoms with Crippen molar-refractivity contribution in [1.29, 1.82) is 0 Å². The maximum absolute atomic E-state index is 11.2. The zero-order valence-electron chi connectivity index (χ0n) is 18.5. The molecule has 1 saturated heterocycles. The number of aromatic hydroxyl groups is 1. The van der Waals surface area contributed by atoms with Crippen molar-refractivity contribution in [3.8, 4) is 5.75 Å². The highest BCUT2D eigenvalue weighted by Crippen LogP contribution is 2.46. The van der Waals surface area contributed by atoms with E-state index >= 15 is 0 Å². The number of fused-ring (bicyclic) bond motifs is 1. The maximum atomic E-state index is 11.2. The van der Waals surface area contributed by atoms with Crippen LogP contribution in [0.3, 0.4) is 0 Å². The Labute approximate surface area is 183 Å². The van der Waals surface area contributed by atoms with Gasteiger partial charge in [0.2, 0.25) is 5.88 Å². The summed E-state index contributed by atoms with van der Waals surface area (Å²) in [5.74, 6) is 2.48. The van der Waals surface area contributed by atoms with E-state index in [-0.39, 0.29) is 12.4 Å². The number of aromatic nitrogens is 1. The fraction of sp³-hybridized carbons (Fsp3) is 0.500. The molecule has 0 saturated carbocycles. The van der Waals surface area contributed by atoms with E-state index in [2.05, 4.69) is 21.8 Å². The summed E-state index contributed by atoms with van der Waals surface area (Å²) in [5.41, 5.74) is 1.62. The summed E-state index contributed by atoms with van der Waals surface area (Å²) in [6, 6.07) is 3.82. The van der Waals surface area contributed by atoms with Crippen LogP contribution in [0.4, 0.5) is 11.7 Å². The molecule has 7 nitrogen and oxygen atoms in total. The first-order valence-electron chi connectivity index (χ1n) is 11.0. The number of piperidine rings is 1. The van der Waals surface area contributed by atoms with Crippen molar-refractivity contribution in [2.75, 3.05) is 31.2 Å². The molecule has 0 atom stereocenters. The summed E-state index contributed by atoms with van der Waals surface area (Å²) < 4.78 is 12.3. The Kier molecular flexibility index (Phi) is 6.16. The molecule has 0 spiro atoms. The highest BCUT2D eigenvalue weighted by Gasteiger charge is 2.36. The molecule has 31 heavy (non-hydrogen) atoms. The number of furan rings is 1. The summed E-state index contributed by atoms with van der Waals surface area (Å²) >= 11 is 0. The molecular weight excluding hydrogens is 394 g/mol. The molecule has 0 radical (unpaired) electrons. The van der Waals surface area contributed by atoms with Crippen LogP contribution in [0.25, 0.3) is 11.6 Å². The zero-order valence-corrected chi connectivity index (χ0v) is 18.5. The van der Waals surface area contributed by atoms with E-state index in [1.807, 2.05) is 32.1 Å². The lowest BCUT2D eigenvalue weighted by Crippen LogP contribution is -2.35. The first-order chi connectivity index (χ1) is 14.9. The molecule has 1 fully saturated rings. The number of hydrogen-bond donors (Lipinski definition) is 2. The second-order valence-corrected chi connectivity index (χ2v) is 8.83. The van der Waals surface area contributed by atoms with Crippen molar-refractivity contribution in [3.05, 3.63) is 35.2 Å². The number of ether oxygens (including phenoxy) is 1. The number of aliphatic imine (C=N–C) groups is 1. The quantitative estimate of drug-likeness (QED) is 0.635. The largest absolute Gasteiger partial charge is 0.504 e. The number of pyridine rings is 1. The third-order valence-corrected chi connectivity index (χ3v) is 6.04. The van der Waals surface area contributed by atoms with Crippen LogP contribution >= 0.6 is 0 Å². The Morgan fingerprint density at radius 3 is 2.84 bits per heavy atom. The van der Waals surface area contributed by atoms with Crippen molar-refractivity contribution >= 4 is 29.6 Å². The molecule has 2 aromatic heterocycles. The van der Waals surface area contributed by atoms with Gasteiger partial charge in [-0.3, -0.25) is 0 Å². The molecule has 0 aromatic carbocycles. The van der Waals surface area contributed by atoms with E-state index in [4.69, 9.17) is 14.3 Å². The SMILES string of the molecule is CC1CCN(c2oc(C=C3C=Nc4ncccc43)c(O)c2C(C)(C)OCCCO)CC1. The van der Waals surface area contributed by atoms with Crippen LogP contribution in [0.5, 0.6) is 5.75 Å². The van der Waals surface area contributed by atoms with Gasteiger partial charge in [0.25, 0.3) is 0 Å². The van der Waals surface area contributed by atoms with E-state index in [1.165, 1.54) is 0 Å². The summed E-state index contributed by atoms with van der Waals surface area (Å²) in [6.07, 6.45) is 7.96. The smallest absolute Gasteiger partial charge is 0.206 e. The number of allylic oxidation sites excluding steroid dienone is 1. The Morgan fingerprint density at radius 2 is 2.10 bits per heavy atom. The molecule has 2 N–H and O–H groups in total. The van der Waals surface area contributed by atoms with Crippen LogP contribution in [0.1, 0.15) is 56.9 Å². The molecule has 0 aliphatic carbocycles. The Hall–Kier alpha value is -2.64. The molecule has 2 aromatic rings. The van der Waals surface area contributed by atoms with Gasteiger partial charge >= 0.3 is 0 Å². The molecule has 4 heterocycles. The van der Waals surface area contributed by atoms with E-state index < -0.39 is 5.60 Å². The standard InChI is InChI=1S/C24H31N3O4/c1-16-7-10-27(11-8-16)23-20(24(2,3)30-13-5-12-28)21(29)19(31-23)14-17-15-26-22-18(17)6-4-9-25-22/h4,6,9,14-16,28-29H,5,7-8,10-13H2,1-3H3. The van der Waals surface area contributed by atoms with Crippen LogP contribution < -0.4 is 4.90 Å². The van der Waals surface area contributed by atoms with Crippen LogP contribution in [-0.2, 0) is 10.3 Å². The van der Waals surface area contributed by atoms with Gasteiger partial charge in [-0.25, -0.2) is 9.98 Å². The van der Waals surface area contributed by atoms with Crippen molar-refractivity contribution in [1.82, 2.24) is 4.98 Å². The summed E-state index contributed by atoms with van der Waals surface area (Å²) in [6.45, 7) is 8.33. The Balaban J connectivity index is 1.74. The lowest BCUT2D eigenvalue weighted by molar-refractivity contribution is -0.0279. The second-order valence-electron chi connectivity index (χ2n) is 8.83. The molecule has 2 aliphatic heterocycles. The highest BCUT2D eigenvalue weighted by molar-refractivity contribution is 6.20. The van der Waals surface area contributed by atoms with E-state index in [0.717, 1.165) is 37.1 Å².